The molecule has 0 radical (unpaired) electrons. The van der Waals surface area contributed by atoms with Gasteiger partial charge in [0, 0.05) is 22.1 Å². The van der Waals surface area contributed by atoms with Gasteiger partial charge in [0.25, 0.3) is 0 Å². The Morgan fingerprint density at radius 1 is 0.818 bits per heavy atom. The Labute approximate surface area is 206 Å². The standard InChI is InChI=1S/C26H16Br2N4O/c27-24-21-11-10-19(31-21)13-18-7-6-16(29-18)12-17-8-9-20(30-17)14-22-23(15-4-2-1-3-5-15)26(33)25(24)32(22)28/h1-14,29-30H. The summed E-state index contributed by atoms with van der Waals surface area (Å²) >= 11 is 7.32. The number of Topliss-reactive ketones (excluding diaryl/α,β-unsaturated/α-hetero) is 1. The number of fused-ring (bicyclic) bond motifs is 7. The van der Waals surface area contributed by atoms with E-state index in [0.29, 0.717) is 21.5 Å². The first kappa shape index (κ1) is 20.2. The maximum atomic E-state index is 13.7. The van der Waals surface area contributed by atoms with E-state index in [9.17, 15) is 4.79 Å². The number of nitrogens with zero attached hydrogens (tertiary/aromatic N) is 2. The number of rotatable bonds is 1. The molecule has 33 heavy (non-hydrogen) atoms. The van der Waals surface area contributed by atoms with Gasteiger partial charge in [-0.3, -0.25) is 8.72 Å². The number of ketones is 1. The molecule has 7 heteroatoms. The molecule has 6 rings (SSSR count). The molecule has 0 amide bonds. The lowest BCUT2D eigenvalue weighted by Crippen LogP contribution is -2.14. The minimum atomic E-state index is -0.0824. The molecule has 0 fully saturated rings. The highest BCUT2D eigenvalue weighted by Gasteiger charge is 2.36. The molecule has 160 valence electrons. The lowest BCUT2D eigenvalue weighted by atomic mass is 10.0. The Hall–Kier alpha value is -3.42. The number of carbonyl (C=O) groups excluding carboxylic acids is 1. The average molecular weight is 560 g/mol. The van der Waals surface area contributed by atoms with Gasteiger partial charge in [0.2, 0.25) is 5.78 Å². The van der Waals surface area contributed by atoms with Crippen molar-refractivity contribution in [1.82, 2.24) is 13.9 Å². The number of H-pyrrole nitrogens is 2. The fraction of sp³-hybridized carbons (Fsp3) is 0. The van der Waals surface area contributed by atoms with Gasteiger partial charge in [0.05, 0.1) is 43.3 Å². The van der Waals surface area contributed by atoms with Gasteiger partial charge in [-0.15, -0.1) is 0 Å². The number of aromatic nitrogens is 2. The van der Waals surface area contributed by atoms with Crippen molar-refractivity contribution in [3.63, 3.8) is 0 Å². The average Bonchev–Trinajstić information content (AvgIpc) is 3.59. The minimum Gasteiger partial charge on any atom is -0.355 e. The van der Waals surface area contributed by atoms with E-state index in [4.69, 9.17) is 4.99 Å². The van der Waals surface area contributed by atoms with Gasteiger partial charge in [-0.05, 0) is 76.1 Å². The third kappa shape index (κ3) is 3.53. The molecule has 3 aliphatic heterocycles. The number of hydrogen-bond donors (Lipinski definition) is 2. The van der Waals surface area contributed by atoms with Crippen LogP contribution >= 0.6 is 32.1 Å². The highest BCUT2D eigenvalue weighted by atomic mass is 79.9. The maximum Gasteiger partial charge on any atom is 0.214 e. The fourth-order valence-corrected chi connectivity index (χ4v) is 5.55. The van der Waals surface area contributed by atoms with Gasteiger partial charge in [-0.25, -0.2) is 4.99 Å². The van der Waals surface area contributed by atoms with Crippen LogP contribution in [0.4, 0.5) is 0 Å². The number of allylic oxidation sites excluding steroid dienone is 5. The predicted octanol–water partition coefficient (Wildman–Crippen LogP) is 4.53. The minimum absolute atomic E-state index is 0.0824. The molecule has 2 aromatic heterocycles. The van der Waals surface area contributed by atoms with E-state index in [1.54, 1.807) is 3.93 Å². The number of benzene rings is 1. The summed E-state index contributed by atoms with van der Waals surface area (Å²) in [6.07, 6.45) is 9.85. The smallest absolute Gasteiger partial charge is 0.214 e. The summed E-state index contributed by atoms with van der Waals surface area (Å²) in [7, 11) is 0. The summed E-state index contributed by atoms with van der Waals surface area (Å²) in [6.45, 7) is 0. The normalized spacial score (nSPS) is 17.3. The van der Waals surface area contributed by atoms with Crippen LogP contribution in [0.3, 0.4) is 0 Å². The van der Waals surface area contributed by atoms with Crippen LogP contribution in [-0.4, -0.2) is 25.4 Å². The number of aliphatic imine (C=N–C) groups is 1. The number of halogens is 2. The van der Waals surface area contributed by atoms with Crippen LogP contribution < -0.4 is 10.7 Å². The Morgan fingerprint density at radius 2 is 1.55 bits per heavy atom. The second-order valence-corrected chi connectivity index (χ2v) is 9.33. The molecule has 0 spiro atoms. The Bertz CT molecular complexity index is 1600. The highest BCUT2D eigenvalue weighted by molar-refractivity contribution is 9.12. The van der Waals surface area contributed by atoms with Crippen molar-refractivity contribution < 1.29 is 4.79 Å². The fourth-order valence-electron chi connectivity index (χ4n) is 4.11. The number of carbonyl (C=O) groups is 1. The topological polar surface area (TPSA) is 64.2 Å². The quantitative estimate of drug-likeness (QED) is 0.430. The van der Waals surface area contributed by atoms with E-state index in [1.807, 2.05) is 85.0 Å². The summed E-state index contributed by atoms with van der Waals surface area (Å²) in [6, 6.07) is 17.8. The van der Waals surface area contributed by atoms with E-state index in [1.165, 1.54) is 0 Å². The Morgan fingerprint density at radius 3 is 2.33 bits per heavy atom. The van der Waals surface area contributed by atoms with Gasteiger partial charge in [-0.2, -0.15) is 0 Å². The summed E-state index contributed by atoms with van der Waals surface area (Å²) < 4.78 is 2.38. The zero-order chi connectivity index (χ0) is 22.5. The van der Waals surface area contributed by atoms with Crippen molar-refractivity contribution in [2.45, 2.75) is 0 Å². The lowest BCUT2D eigenvalue weighted by Gasteiger charge is -2.13. The Kier molecular flexibility index (Phi) is 4.81. The van der Waals surface area contributed by atoms with E-state index in [2.05, 4.69) is 42.0 Å². The molecule has 5 nitrogen and oxygen atoms in total. The van der Waals surface area contributed by atoms with Crippen LogP contribution in [-0.2, 0) is 4.79 Å². The molecule has 8 bridgehead atoms. The molecular formula is C26H16Br2N4O. The third-order valence-corrected chi connectivity index (χ3v) is 7.15. The molecule has 5 heterocycles. The lowest BCUT2D eigenvalue weighted by molar-refractivity contribution is -0.110. The van der Waals surface area contributed by atoms with E-state index < -0.39 is 0 Å². The van der Waals surface area contributed by atoms with Crippen molar-refractivity contribution in [2.75, 3.05) is 0 Å². The van der Waals surface area contributed by atoms with Gasteiger partial charge in [0.1, 0.15) is 5.70 Å². The second kappa shape index (κ2) is 7.86. The van der Waals surface area contributed by atoms with E-state index >= 15 is 0 Å². The van der Waals surface area contributed by atoms with E-state index in [-0.39, 0.29) is 5.78 Å². The van der Waals surface area contributed by atoms with Crippen LogP contribution in [0, 0.1) is 0 Å². The summed E-state index contributed by atoms with van der Waals surface area (Å²) in [5.74, 6) is -0.0824. The molecule has 3 aromatic rings. The van der Waals surface area contributed by atoms with Crippen LogP contribution in [0.25, 0.3) is 23.8 Å². The molecule has 0 aliphatic carbocycles. The van der Waals surface area contributed by atoms with Crippen LogP contribution in [0.2, 0.25) is 0 Å². The molecule has 3 aliphatic rings. The maximum absolute atomic E-state index is 13.7. The molecule has 0 saturated heterocycles. The zero-order valence-corrected chi connectivity index (χ0v) is 20.3. The monoisotopic (exact) mass is 558 g/mol. The number of aromatic amines is 2. The number of nitrogens with one attached hydrogen (secondary N) is 2. The molecule has 0 atom stereocenters. The van der Waals surface area contributed by atoms with Crippen molar-refractivity contribution in [3.8, 4) is 0 Å². The molecule has 2 N–H and O–H groups in total. The first-order valence-corrected chi connectivity index (χ1v) is 11.8. The summed E-state index contributed by atoms with van der Waals surface area (Å²) in [5, 5.41) is 1.85. The van der Waals surface area contributed by atoms with Crippen molar-refractivity contribution >= 4 is 67.4 Å². The van der Waals surface area contributed by atoms with Crippen LogP contribution in [0.1, 0.15) is 17.0 Å². The summed E-state index contributed by atoms with van der Waals surface area (Å²) in [5.41, 5.74) is 6.14. The van der Waals surface area contributed by atoms with Gasteiger partial charge in [0.15, 0.2) is 0 Å². The predicted molar refractivity (Wildman–Crippen MR) is 139 cm³/mol. The van der Waals surface area contributed by atoms with Crippen molar-refractivity contribution in [3.05, 3.63) is 116 Å². The first-order chi connectivity index (χ1) is 16.1. The van der Waals surface area contributed by atoms with Gasteiger partial charge in [-0.1, -0.05) is 30.3 Å². The highest BCUT2D eigenvalue weighted by Crippen LogP contribution is 2.41. The van der Waals surface area contributed by atoms with Crippen molar-refractivity contribution in [2.24, 2.45) is 4.99 Å². The second-order valence-electron chi connectivity index (χ2n) is 7.83. The molecular weight excluding hydrogens is 544 g/mol. The first-order valence-electron chi connectivity index (χ1n) is 10.3. The SMILES string of the molecule is O=C1C(c2ccccc2)=C2C=c3ccc([nH]3)=Cc3ccc([nH]3)C=C3C=CC(=N3)C(Br)=C1N2Br. The van der Waals surface area contributed by atoms with Crippen LogP contribution in [0.5, 0.6) is 0 Å². The van der Waals surface area contributed by atoms with E-state index in [0.717, 1.165) is 39.0 Å². The number of hydrogen-bond acceptors (Lipinski definition) is 3. The van der Waals surface area contributed by atoms with Crippen LogP contribution in [0.15, 0.2) is 93.3 Å². The van der Waals surface area contributed by atoms with Gasteiger partial charge >= 0.3 is 0 Å². The zero-order valence-electron chi connectivity index (χ0n) is 17.1. The molecule has 0 saturated carbocycles. The summed E-state index contributed by atoms with van der Waals surface area (Å²) in [4.78, 5) is 25.3. The van der Waals surface area contributed by atoms with Gasteiger partial charge < -0.3 is 9.97 Å². The Balaban J connectivity index is 1.65. The molecule has 1 aromatic carbocycles. The third-order valence-electron chi connectivity index (χ3n) is 5.63. The largest absolute Gasteiger partial charge is 0.355 e. The van der Waals surface area contributed by atoms with Crippen molar-refractivity contribution in [1.29, 1.82) is 0 Å². The molecule has 0 unspecified atom stereocenters.